The number of benzene rings is 1. The van der Waals surface area contributed by atoms with E-state index in [0.717, 1.165) is 6.04 Å². The van der Waals surface area contributed by atoms with Gasteiger partial charge in [-0.3, -0.25) is 0 Å². The van der Waals surface area contributed by atoms with Gasteiger partial charge in [-0.2, -0.15) is 0 Å². The molecule has 0 atom stereocenters. The molecule has 0 amide bonds. The Morgan fingerprint density at radius 2 is 1.68 bits per heavy atom. The van der Waals surface area contributed by atoms with E-state index in [1.165, 1.54) is 64.7 Å². The SMILES string of the molecule is c1ccc2c(c1)CCN(CCCCNC1CC1)CC2. The number of nitrogens with one attached hydrogen (secondary N) is 1. The minimum absolute atomic E-state index is 0.868. The molecule has 104 valence electrons. The van der Waals surface area contributed by atoms with Gasteiger partial charge in [0.1, 0.15) is 0 Å². The molecule has 0 bridgehead atoms. The van der Waals surface area contributed by atoms with Gasteiger partial charge in [0.05, 0.1) is 0 Å². The molecule has 0 aromatic heterocycles. The first-order valence-corrected chi connectivity index (χ1v) is 7.94. The van der Waals surface area contributed by atoms with Gasteiger partial charge in [0.2, 0.25) is 0 Å². The molecular weight excluding hydrogens is 232 g/mol. The van der Waals surface area contributed by atoms with Crippen LogP contribution in [0.2, 0.25) is 0 Å². The van der Waals surface area contributed by atoms with Gasteiger partial charge >= 0.3 is 0 Å². The minimum Gasteiger partial charge on any atom is -0.314 e. The third-order valence-electron chi connectivity index (χ3n) is 4.42. The predicted octanol–water partition coefficient (Wildman–Crippen LogP) is 2.62. The fourth-order valence-electron chi connectivity index (χ4n) is 2.99. The van der Waals surface area contributed by atoms with Crippen LogP contribution in [0.15, 0.2) is 24.3 Å². The molecule has 1 aliphatic carbocycles. The van der Waals surface area contributed by atoms with Crippen molar-refractivity contribution in [1.82, 2.24) is 10.2 Å². The zero-order valence-electron chi connectivity index (χ0n) is 11.9. The first kappa shape index (κ1) is 13.1. The second-order valence-electron chi connectivity index (χ2n) is 6.05. The van der Waals surface area contributed by atoms with Gasteiger partial charge in [-0.15, -0.1) is 0 Å². The molecule has 1 fully saturated rings. The number of nitrogens with zero attached hydrogens (tertiary/aromatic N) is 1. The molecule has 0 unspecified atom stereocenters. The molecule has 0 saturated heterocycles. The Hall–Kier alpha value is -0.860. The van der Waals surface area contributed by atoms with Crippen LogP contribution in [0, 0.1) is 0 Å². The molecule has 19 heavy (non-hydrogen) atoms. The summed E-state index contributed by atoms with van der Waals surface area (Å²) in [5.74, 6) is 0. The molecule has 2 nitrogen and oxygen atoms in total. The summed E-state index contributed by atoms with van der Waals surface area (Å²) in [5.41, 5.74) is 3.14. The fraction of sp³-hybridized carbons (Fsp3) is 0.647. The van der Waals surface area contributed by atoms with Crippen LogP contribution in [-0.4, -0.2) is 37.1 Å². The Morgan fingerprint density at radius 1 is 1.00 bits per heavy atom. The lowest BCUT2D eigenvalue weighted by atomic mass is 10.0. The normalized spacial score (nSPS) is 20.0. The van der Waals surface area contributed by atoms with Crippen LogP contribution in [0.5, 0.6) is 0 Å². The lowest BCUT2D eigenvalue weighted by molar-refractivity contribution is 0.280. The van der Waals surface area contributed by atoms with Crippen molar-refractivity contribution < 1.29 is 0 Å². The van der Waals surface area contributed by atoms with Crippen molar-refractivity contribution in [3.8, 4) is 0 Å². The standard InChI is InChI=1S/C17H26N2/c1-2-6-16-10-14-19(13-9-15(16)5-1)12-4-3-11-18-17-7-8-17/h1-2,5-6,17-18H,3-4,7-14H2. The van der Waals surface area contributed by atoms with Crippen molar-refractivity contribution in [2.24, 2.45) is 0 Å². The van der Waals surface area contributed by atoms with Gasteiger partial charge in [-0.1, -0.05) is 24.3 Å². The summed E-state index contributed by atoms with van der Waals surface area (Å²) in [6, 6.07) is 9.83. The molecule has 0 spiro atoms. The Balaban J connectivity index is 1.36. The number of hydrogen-bond donors (Lipinski definition) is 1. The van der Waals surface area contributed by atoms with E-state index in [1.807, 2.05) is 0 Å². The zero-order valence-corrected chi connectivity index (χ0v) is 11.9. The molecule has 1 aromatic rings. The summed E-state index contributed by atoms with van der Waals surface area (Å²) in [6.07, 6.45) is 7.96. The quantitative estimate of drug-likeness (QED) is 0.789. The average molecular weight is 258 g/mol. The summed E-state index contributed by atoms with van der Waals surface area (Å²) in [4.78, 5) is 2.65. The molecular formula is C17H26N2. The second-order valence-corrected chi connectivity index (χ2v) is 6.05. The third-order valence-corrected chi connectivity index (χ3v) is 4.42. The van der Waals surface area contributed by atoms with Crippen LogP contribution >= 0.6 is 0 Å². The maximum Gasteiger partial charge on any atom is 0.00682 e. The lowest BCUT2D eigenvalue weighted by Crippen LogP contribution is -2.28. The average Bonchev–Trinajstić information content (AvgIpc) is 3.26. The number of hydrogen-bond acceptors (Lipinski definition) is 2. The van der Waals surface area contributed by atoms with Gasteiger partial charge in [0.15, 0.2) is 0 Å². The fourth-order valence-corrected chi connectivity index (χ4v) is 2.99. The second kappa shape index (κ2) is 6.53. The molecule has 1 aliphatic heterocycles. The van der Waals surface area contributed by atoms with Crippen LogP contribution in [0.25, 0.3) is 0 Å². The molecule has 2 aliphatic rings. The van der Waals surface area contributed by atoms with Crippen molar-refractivity contribution in [2.45, 2.75) is 44.6 Å². The Kier molecular flexibility index (Phi) is 4.52. The molecule has 1 N–H and O–H groups in total. The van der Waals surface area contributed by atoms with Crippen LogP contribution in [0.1, 0.15) is 36.8 Å². The highest BCUT2D eigenvalue weighted by molar-refractivity contribution is 5.28. The molecule has 2 heteroatoms. The van der Waals surface area contributed by atoms with Crippen molar-refractivity contribution in [1.29, 1.82) is 0 Å². The van der Waals surface area contributed by atoms with E-state index in [4.69, 9.17) is 0 Å². The van der Waals surface area contributed by atoms with Crippen LogP contribution in [0.3, 0.4) is 0 Å². The topological polar surface area (TPSA) is 15.3 Å². The lowest BCUT2D eigenvalue weighted by Gasteiger charge is -2.19. The van der Waals surface area contributed by atoms with Gasteiger partial charge in [0.25, 0.3) is 0 Å². The first-order valence-electron chi connectivity index (χ1n) is 7.94. The molecule has 1 aromatic carbocycles. The summed E-state index contributed by atoms with van der Waals surface area (Å²) < 4.78 is 0. The molecule has 1 saturated carbocycles. The van der Waals surface area contributed by atoms with Crippen molar-refractivity contribution in [3.63, 3.8) is 0 Å². The summed E-state index contributed by atoms with van der Waals surface area (Å²) in [6.45, 7) is 4.99. The van der Waals surface area contributed by atoms with Gasteiger partial charge < -0.3 is 10.2 Å². The minimum atomic E-state index is 0.868. The van der Waals surface area contributed by atoms with Crippen molar-refractivity contribution >= 4 is 0 Å². The van der Waals surface area contributed by atoms with Crippen molar-refractivity contribution in [3.05, 3.63) is 35.4 Å². The molecule has 1 heterocycles. The Labute approximate surface area is 117 Å². The van der Waals surface area contributed by atoms with Crippen LogP contribution in [-0.2, 0) is 12.8 Å². The Bertz CT molecular complexity index is 371. The predicted molar refractivity (Wildman–Crippen MR) is 80.5 cm³/mol. The van der Waals surface area contributed by atoms with E-state index in [9.17, 15) is 0 Å². The largest absolute Gasteiger partial charge is 0.314 e. The first-order chi connectivity index (χ1) is 9.42. The smallest absolute Gasteiger partial charge is 0.00682 e. The van der Waals surface area contributed by atoms with E-state index in [1.54, 1.807) is 11.1 Å². The van der Waals surface area contributed by atoms with E-state index in [0.29, 0.717) is 0 Å². The Morgan fingerprint density at radius 3 is 2.32 bits per heavy atom. The highest BCUT2D eigenvalue weighted by Crippen LogP contribution is 2.18. The van der Waals surface area contributed by atoms with Crippen LogP contribution in [0.4, 0.5) is 0 Å². The van der Waals surface area contributed by atoms with Gasteiger partial charge in [0, 0.05) is 19.1 Å². The highest BCUT2D eigenvalue weighted by atomic mass is 15.1. The summed E-state index contributed by atoms with van der Waals surface area (Å²) in [7, 11) is 0. The number of fused-ring (bicyclic) bond motifs is 1. The summed E-state index contributed by atoms with van der Waals surface area (Å²) in [5, 5.41) is 3.60. The van der Waals surface area contributed by atoms with E-state index in [2.05, 4.69) is 34.5 Å². The van der Waals surface area contributed by atoms with E-state index >= 15 is 0 Å². The number of rotatable bonds is 6. The number of unbranched alkanes of at least 4 members (excludes halogenated alkanes) is 1. The third kappa shape index (κ3) is 4.05. The maximum absolute atomic E-state index is 3.60. The van der Waals surface area contributed by atoms with Crippen molar-refractivity contribution in [2.75, 3.05) is 26.2 Å². The maximum atomic E-state index is 3.60. The van der Waals surface area contributed by atoms with Gasteiger partial charge in [-0.05, 0) is 62.7 Å². The van der Waals surface area contributed by atoms with E-state index in [-0.39, 0.29) is 0 Å². The van der Waals surface area contributed by atoms with Gasteiger partial charge in [-0.25, -0.2) is 0 Å². The molecule has 0 radical (unpaired) electrons. The highest BCUT2D eigenvalue weighted by Gasteiger charge is 2.19. The zero-order chi connectivity index (χ0) is 12.9. The monoisotopic (exact) mass is 258 g/mol. The van der Waals surface area contributed by atoms with Crippen LogP contribution < -0.4 is 5.32 Å². The molecule has 3 rings (SSSR count). The summed E-state index contributed by atoms with van der Waals surface area (Å²) >= 11 is 0. The van der Waals surface area contributed by atoms with E-state index < -0.39 is 0 Å².